The van der Waals surface area contributed by atoms with E-state index < -0.39 is 5.03 Å². The number of nitrogens with two attached hydrogens (primary N) is 1. The predicted octanol–water partition coefficient (Wildman–Crippen LogP) is -0.801. The van der Waals surface area contributed by atoms with Crippen LogP contribution in [0.15, 0.2) is 4.99 Å². The average molecular weight is 144 g/mol. The van der Waals surface area contributed by atoms with Crippen LogP contribution in [-0.2, 0) is 0 Å². The number of rotatable bonds is 1. The molecule has 1 heterocycles. The second kappa shape index (κ2) is 2.51. The van der Waals surface area contributed by atoms with E-state index in [1.165, 1.54) is 0 Å². The summed E-state index contributed by atoms with van der Waals surface area (Å²) < 4.78 is 0. The number of hydrogen-bond donors (Lipinski definition) is 1. The van der Waals surface area contributed by atoms with Crippen molar-refractivity contribution in [1.82, 2.24) is 5.01 Å². The van der Waals surface area contributed by atoms with Gasteiger partial charge in [-0.15, -0.1) is 0 Å². The van der Waals surface area contributed by atoms with Crippen LogP contribution >= 0.6 is 0 Å². The first-order valence-corrected chi connectivity index (χ1v) is 2.93. The summed E-state index contributed by atoms with van der Waals surface area (Å²) in [7, 11) is 0. The van der Waals surface area contributed by atoms with Crippen LogP contribution in [0.1, 0.15) is 6.42 Å². The molecule has 0 aromatic heterocycles. The smallest absolute Gasteiger partial charge is 0.254 e. The first-order chi connectivity index (χ1) is 4.72. The quantitative estimate of drug-likeness (QED) is 0.385. The molecule has 0 aliphatic carbocycles. The van der Waals surface area contributed by atoms with E-state index in [0.29, 0.717) is 19.5 Å². The Morgan fingerprint density at radius 2 is 2.50 bits per heavy atom. The van der Waals surface area contributed by atoms with Crippen LogP contribution in [-0.4, -0.2) is 29.1 Å². The Kier molecular flexibility index (Phi) is 1.70. The third-order valence-electron chi connectivity index (χ3n) is 1.26. The zero-order valence-electron chi connectivity index (χ0n) is 5.36. The SMILES string of the molecule is NC1=NCCCN1[N+](=O)[O-]. The topological polar surface area (TPSA) is 84.8 Å². The molecule has 0 saturated heterocycles. The molecular formula is C4H8N4O2. The zero-order chi connectivity index (χ0) is 7.56. The second-order valence-electron chi connectivity index (χ2n) is 1.95. The highest BCUT2D eigenvalue weighted by molar-refractivity contribution is 5.77. The fourth-order valence-corrected chi connectivity index (χ4v) is 0.776. The van der Waals surface area contributed by atoms with Crippen molar-refractivity contribution in [3.05, 3.63) is 10.1 Å². The number of nitrogens with zero attached hydrogens (tertiary/aromatic N) is 3. The fourth-order valence-electron chi connectivity index (χ4n) is 0.776. The molecule has 0 unspecified atom stereocenters. The lowest BCUT2D eigenvalue weighted by molar-refractivity contribution is -0.630. The Morgan fingerprint density at radius 1 is 1.80 bits per heavy atom. The van der Waals surface area contributed by atoms with E-state index in [-0.39, 0.29) is 5.96 Å². The summed E-state index contributed by atoms with van der Waals surface area (Å²) in [5.41, 5.74) is 5.21. The molecule has 0 spiro atoms. The molecular weight excluding hydrogens is 136 g/mol. The molecule has 0 fully saturated rings. The maximum absolute atomic E-state index is 10.1. The van der Waals surface area contributed by atoms with Gasteiger partial charge in [0.2, 0.25) is 0 Å². The number of aliphatic imine (C=N–C) groups is 1. The molecule has 0 bridgehead atoms. The van der Waals surface area contributed by atoms with Crippen molar-refractivity contribution in [3.8, 4) is 0 Å². The van der Waals surface area contributed by atoms with E-state index >= 15 is 0 Å². The summed E-state index contributed by atoms with van der Waals surface area (Å²) in [4.78, 5) is 13.8. The number of hydrazine groups is 1. The van der Waals surface area contributed by atoms with Crippen molar-refractivity contribution in [2.45, 2.75) is 6.42 Å². The number of guanidine groups is 1. The lowest BCUT2D eigenvalue weighted by Gasteiger charge is -2.15. The molecule has 6 nitrogen and oxygen atoms in total. The van der Waals surface area contributed by atoms with Gasteiger partial charge >= 0.3 is 0 Å². The van der Waals surface area contributed by atoms with Gasteiger partial charge in [-0.25, -0.2) is 15.1 Å². The Bertz CT molecular complexity index is 178. The molecule has 1 aliphatic rings. The van der Waals surface area contributed by atoms with E-state index in [2.05, 4.69) is 4.99 Å². The van der Waals surface area contributed by atoms with Gasteiger partial charge in [-0.1, -0.05) is 5.01 Å². The summed E-state index contributed by atoms with van der Waals surface area (Å²) in [6.07, 6.45) is 0.696. The van der Waals surface area contributed by atoms with E-state index in [0.717, 1.165) is 5.01 Å². The van der Waals surface area contributed by atoms with Crippen LogP contribution in [0, 0.1) is 10.1 Å². The molecule has 1 aliphatic heterocycles. The molecule has 56 valence electrons. The van der Waals surface area contributed by atoms with E-state index in [1.807, 2.05) is 0 Å². The molecule has 0 amide bonds. The van der Waals surface area contributed by atoms with Crippen molar-refractivity contribution in [1.29, 1.82) is 0 Å². The molecule has 2 N–H and O–H groups in total. The largest absolute Gasteiger partial charge is 0.365 e. The minimum absolute atomic E-state index is 0.0104. The first-order valence-electron chi connectivity index (χ1n) is 2.93. The second-order valence-corrected chi connectivity index (χ2v) is 1.95. The van der Waals surface area contributed by atoms with Crippen molar-refractivity contribution in [2.24, 2.45) is 10.7 Å². The van der Waals surface area contributed by atoms with Gasteiger partial charge in [0.15, 0.2) is 5.03 Å². The fraction of sp³-hybridized carbons (Fsp3) is 0.750. The highest BCUT2D eigenvalue weighted by Gasteiger charge is 2.21. The zero-order valence-corrected chi connectivity index (χ0v) is 5.36. The van der Waals surface area contributed by atoms with Crippen molar-refractivity contribution in [2.75, 3.05) is 13.1 Å². The highest BCUT2D eigenvalue weighted by Crippen LogP contribution is 1.98. The van der Waals surface area contributed by atoms with Gasteiger partial charge in [-0.3, -0.25) is 0 Å². The molecule has 0 aromatic carbocycles. The molecule has 0 aromatic rings. The highest BCUT2D eigenvalue weighted by atomic mass is 16.7. The van der Waals surface area contributed by atoms with Crippen LogP contribution in [0.4, 0.5) is 0 Å². The van der Waals surface area contributed by atoms with Crippen LogP contribution in [0.3, 0.4) is 0 Å². The van der Waals surface area contributed by atoms with Crippen molar-refractivity contribution >= 4 is 5.96 Å². The van der Waals surface area contributed by atoms with Gasteiger partial charge in [0.25, 0.3) is 5.96 Å². The normalized spacial score (nSPS) is 18.4. The minimum atomic E-state index is -0.544. The summed E-state index contributed by atoms with van der Waals surface area (Å²) in [6, 6.07) is 0. The third-order valence-corrected chi connectivity index (χ3v) is 1.26. The van der Waals surface area contributed by atoms with Crippen LogP contribution in [0.25, 0.3) is 0 Å². The van der Waals surface area contributed by atoms with Gasteiger partial charge in [0.1, 0.15) is 0 Å². The Morgan fingerprint density at radius 3 is 2.90 bits per heavy atom. The van der Waals surface area contributed by atoms with Crippen molar-refractivity contribution < 1.29 is 5.03 Å². The monoisotopic (exact) mass is 144 g/mol. The number of nitro groups is 1. The first kappa shape index (κ1) is 6.79. The van der Waals surface area contributed by atoms with Crippen LogP contribution in [0.2, 0.25) is 0 Å². The Balaban J connectivity index is 2.67. The van der Waals surface area contributed by atoms with Crippen LogP contribution in [0.5, 0.6) is 0 Å². The standard InChI is InChI=1S/C4H8N4O2/c5-4-6-2-1-3-7(4)8(9)10/h1-3H2,(H2,5,6). The lowest BCUT2D eigenvalue weighted by Crippen LogP contribution is -2.44. The number of hydrogen-bond acceptors (Lipinski definition) is 4. The maximum Gasteiger partial charge on any atom is 0.254 e. The molecule has 10 heavy (non-hydrogen) atoms. The van der Waals surface area contributed by atoms with E-state index in [4.69, 9.17) is 5.73 Å². The lowest BCUT2D eigenvalue weighted by atomic mass is 10.4. The van der Waals surface area contributed by atoms with Gasteiger partial charge in [0.05, 0.1) is 6.54 Å². The molecule has 0 atom stereocenters. The molecule has 1 rings (SSSR count). The van der Waals surface area contributed by atoms with E-state index in [9.17, 15) is 10.1 Å². The Labute approximate surface area is 57.4 Å². The van der Waals surface area contributed by atoms with Gasteiger partial charge in [0, 0.05) is 6.54 Å². The molecule has 6 heteroatoms. The van der Waals surface area contributed by atoms with Crippen molar-refractivity contribution in [3.63, 3.8) is 0 Å². The van der Waals surface area contributed by atoms with Crippen LogP contribution < -0.4 is 5.73 Å². The maximum atomic E-state index is 10.1. The summed E-state index contributed by atoms with van der Waals surface area (Å²) >= 11 is 0. The Hall–Kier alpha value is -1.33. The molecule has 0 saturated carbocycles. The minimum Gasteiger partial charge on any atom is -0.365 e. The predicted molar refractivity (Wildman–Crippen MR) is 34.8 cm³/mol. The third kappa shape index (κ3) is 1.15. The summed E-state index contributed by atoms with van der Waals surface area (Å²) in [5, 5.41) is 10.4. The summed E-state index contributed by atoms with van der Waals surface area (Å²) in [6.45, 7) is 0.957. The summed E-state index contributed by atoms with van der Waals surface area (Å²) in [5.74, 6) is 0.0104. The van der Waals surface area contributed by atoms with E-state index in [1.54, 1.807) is 0 Å². The van der Waals surface area contributed by atoms with Gasteiger partial charge < -0.3 is 5.73 Å². The average Bonchev–Trinajstić information content (AvgIpc) is 1.88. The van der Waals surface area contributed by atoms with Gasteiger partial charge in [-0.05, 0) is 6.42 Å². The molecule has 0 radical (unpaired) electrons. The van der Waals surface area contributed by atoms with Gasteiger partial charge in [-0.2, -0.15) is 0 Å².